The highest BCUT2D eigenvalue weighted by Gasteiger charge is 2.31. The molecule has 5 nitrogen and oxygen atoms in total. The van der Waals surface area contributed by atoms with Gasteiger partial charge in [0.05, 0.1) is 0 Å². The van der Waals surface area contributed by atoms with Gasteiger partial charge in [-0.2, -0.15) is 0 Å². The van der Waals surface area contributed by atoms with E-state index in [2.05, 4.69) is 50.8 Å². The van der Waals surface area contributed by atoms with Gasteiger partial charge in [0.15, 0.2) is 6.35 Å². The van der Waals surface area contributed by atoms with E-state index in [4.69, 9.17) is 23.2 Å². The second-order valence-electron chi connectivity index (χ2n) is 10.7. The first-order valence-corrected chi connectivity index (χ1v) is 14.7. The lowest BCUT2D eigenvalue weighted by Crippen LogP contribution is -2.45. The van der Waals surface area contributed by atoms with Gasteiger partial charge < -0.3 is 15.3 Å². The van der Waals surface area contributed by atoms with E-state index < -0.39 is 6.35 Å². The number of piperidine rings is 1. The molecule has 7 heteroatoms. The van der Waals surface area contributed by atoms with Crippen molar-refractivity contribution in [2.45, 2.75) is 63.3 Å². The molecule has 5 rings (SSSR count). The van der Waals surface area contributed by atoms with Gasteiger partial charge in [-0.15, -0.1) is 0 Å². The number of hydrogen-bond donors (Lipinski definition) is 3. The third kappa shape index (κ3) is 7.28. The van der Waals surface area contributed by atoms with Gasteiger partial charge in [0.2, 0.25) is 0 Å². The number of aliphatic hydroxyl groups excluding tert-OH is 1. The number of benzene rings is 2. The van der Waals surface area contributed by atoms with Gasteiger partial charge in [-0.25, -0.2) is 0 Å². The van der Waals surface area contributed by atoms with E-state index in [1.54, 1.807) is 24.4 Å². The molecule has 0 bridgehead atoms. The summed E-state index contributed by atoms with van der Waals surface area (Å²) in [5, 5.41) is 18.2. The summed E-state index contributed by atoms with van der Waals surface area (Å²) in [6.45, 7) is 3.01. The van der Waals surface area contributed by atoms with Gasteiger partial charge in [-0.1, -0.05) is 72.8 Å². The summed E-state index contributed by atoms with van der Waals surface area (Å²) in [6.07, 6.45) is 12.0. The molecule has 2 heterocycles. The fraction of sp³-hybridized carbons (Fsp3) is 0.452. The van der Waals surface area contributed by atoms with Crippen LogP contribution in [0.4, 0.5) is 5.69 Å². The molecule has 1 saturated heterocycles. The quantitative estimate of drug-likeness (QED) is 0.246. The van der Waals surface area contributed by atoms with Crippen LogP contribution in [0.15, 0.2) is 67.0 Å². The smallest absolute Gasteiger partial charge is 0.181 e. The van der Waals surface area contributed by atoms with E-state index in [-0.39, 0.29) is 0 Å². The number of likely N-dealkylation sites (tertiary alicyclic amines) is 1. The SMILES string of the molecule is OC(NCC(c1ccc(-c2cccnc2)cc1)C1CCN(C2CCCCC2)CC1)Nc1cc(Cl)cc(Cl)c1. The first-order valence-electron chi connectivity index (χ1n) is 13.9. The minimum atomic E-state index is -0.913. The van der Waals surface area contributed by atoms with Crippen LogP contribution >= 0.6 is 23.2 Å². The lowest BCUT2D eigenvalue weighted by molar-refractivity contribution is 0.0943. The Balaban J connectivity index is 1.27. The summed E-state index contributed by atoms with van der Waals surface area (Å²) in [5.41, 5.74) is 4.27. The number of nitrogens with zero attached hydrogens (tertiary/aromatic N) is 2. The Labute approximate surface area is 236 Å². The Hall–Kier alpha value is -2.15. The standard InChI is InChI=1S/C31H38Cl2N4O/c32-26-17-27(33)19-28(18-26)36-31(38)35-21-30(23-10-8-22(9-11-23)25-5-4-14-34-20-25)24-12-15-37(16-13-24)29-6-2-1-3-7-29/h4-5,8-11,14,17-20,24,29-31,35-36,38H,1-3,6-7,12-13,15-16,21H2. The number of halogens is 2. The Morgan fingerprint density at radius 3 is 2.26 bits per heavy atom. The maximum Gasteiger partial charge on any atom is 0.181 e. The number of nitrogens with one attached hydrogen (secondary N) is 2. The third-order valence-corrected chi connectivity index (χ3v) is 8.70. The Bertz CT molecular complexity index is 1130. The minimum absolute atomic E-state index is 0.297. The zero-order valence-electron chi connectivity index (χ0n) is 21.8. The molecule has 1 aromatic heterocycles. The van der Waals surface area contributed by atoms with Crippen molar-refractivity contribution in [1.29, 1.82) is 0 Å². The fourth-order valence-corrected chi connectivity index (χ4v) is 6.76. The summed E-state index contributed by atoms with van der Waals surface area (Å²) >= 11 is 12.3. The molecule has 0 amide bonds. The van der Waals surface area contributed by atoms with Crippen molar-refractivity contribution in [3.8, 4) is 11.1 Å². The van der Waals surface area contributed by atoms with E-state index in [1.165, 1.54) is 69.2 Å². The molecule has 0 spiro atoms. The molecule has 2 fully saturated rings. The number of hydrogen-bond acceptors (Lipinski definition) is 5. The monoisotopic (exact) mass is 552 g/mol. The number of aromatic nitrogens is 1. The van der Waals surface area contributed by atoms with Gasteiger partial charge in [-0.05, 0) is 91.6 Å². The molecule has 2 atom stereocenters. The topological polar surface area (TPSA) is 60.4 Å². The zero-order chi connectivity index (χ0) is 26.3. The second kappa shape index (κ2) is 13.3. The summed E-state index contributed by atoms with van der Waals surface area (Å²) < 4.78 is 0. The van der Waals surface area contributed by atoms with Crippen LogP contribution in [-0.2, 0) is 0 Å². The van der Waals surface area contributed by atoms with Crippen LogP contribution in [0.2, 0.25) is 10.0 Å². The average molecular weight is 554 g/mol. The maximum atomic E-state index is 10.8. The molecular weight excluding hydrogens is 515 g/mol. The Morgan fingerprint density at radius 2 is 1.61 bits per heavy atom. The number of pyridine rings is 1. The first-order chi connectivity index (χ1) is 18.5. The number of anilines is 1. The van der Waals surface area contributed by atoms with Crippen LogP contribution < -0.4 is 10.6 Å². The molecule has 202 valence electrons. The summed E-state index contributed by atoms with van der Waals surface area (Å²) in [7, 11) is 0. The van der Waals surface area contributed by atoms with Gasteiger partial charge in [-0.3, -0.25) is 10.3 Å². The first kappa shape index (κ1) is 27.4. The largest absolute Gasteiger partial charge is 0.361 e. The predicted molar refractivity (Wildman–Crippen MR) is 158 cm³/mol. The molecule has 1 aliphatic carbocycles. The van der Waals surface area contributed by atoms with Gasteiger partial charge in [0.25, 0.3) is 0 Å². The van der Waals surface area contributed by atoms with Crippen LogP contribution in [0.1, 0.15) is 56.4 Å². The van der Waals surface area contributed by atoms with Crippen LogP contribution in [0.5, 0.6) is 0 Å². The molecule has 1 aliphatic heterocycles. The fourth-order valence-electron chi connectivity index (χ4n) is 6.23. The van der Waals surface area contributed by atoms with E-state index in [9.17, 15) is 5.11 Å². The highest BCUT2D eigenvalue weighted by Crippen LogP contribution is 2.36. The molecule has 2 unspecified atom stereocenters. The average Bonchev–Trinajstić information content (AvgIpc) is 2.94. The summed E-state index contributed by atoms with van der Waals surface area (Å²) in [5.74, 6) is 0.852. The number of rotatable bonds is 9. The third-order valence-electron chi connectivity index (χ3n) is 8.27. The molecule has 38 heavy (non-hydrogen) atoms. The molecule has 0 radical (unpaired) electrons. The molecule has 1 saturated carbocycles. The maximum absolute atomic E-state index is 10.8. The minimum Gasteiger partial charge on any atom is -0.361 e. The molecule has 3 N–H and O–H groups in total. The Morgan fingerprint density at radius 1 is 0.895 bits per heavy atom. The van der Waals surface area contributed by atoms with Crippen LogP contribution in [0.3, 0.4) is 0 Å². The van der Waals surface area contributed by atoms with Crippen molar-refractivity contribution in [3.05, 3.63) is 82.6 Å². The Kier molecular flexibility index (Phi) is 9.58. The molecular formula is C31H38Cl2N4O. The lowest BCUT2D eigenvalue weighted by Gasteiger charge is -2.41. The predicted octanol–water partition coefficient (Wildman–Crippen LogP) is 7.16. The van der Waals surface area contributed by atoms with E-state index in [0.717, 1.165) is 11.6 Å². The molecule has 3 aromatic rings. The zero-order valence-corrected chi connectivity index (χ0v) is 23.3. The van der Waals surface area contributed by atoms with E-state index >= 15 is 0 Å². The number of aliphatic hydroxyl groups is 1. The highest BCUT2D eigenvalue weighted by molar-refractivity contribution is 6.35. The van der Waals surface area contributed by atoms with Crippen molar-refractivity contribution in [1.82, 2.24) is 15.2 Å². The van der Waals surface area contributed by atoms with Gasteiger partial charge in [0, 0.05) is 40.7 Å². The van der Waals surface area contributed by atoms with E-state index in [1.807, 2.05) is 12.3 Å². The van der Waals surface area contributed by atoms with Crippen molar-refractivity contribution < 1.29 is 5.11 Å². The molecule has 2 aromatic carbocycles. The second-order valence-corrected chi connectivity index (χ2v) is 11.6. The normalized spacial score (nSPS) is 19.2. The van der Waals surface area contributed by atoms with Crippen LogP contribution in [0, 0.1) is 5.92 Å². The van der Waals surface area contributed by atoms with Crippen molar-refractivity contribution in [3.63, 3.8) is 0 Å². The van der Waals surface area contributed by atoms with Gasteiger partial charge >= 0.3 is 0 Å². The molecule has 2 aliphatic rings. The van der Waals surface area contributed by atoms with Crippen molar-refractivity contribution >= 4 is 28.9 Å². The lowest BCUT2D eigenvalue weighted by atomic mass is 9.79. The summed E-state index contributed by atoms with van der Waals surface area (Å²) in [4.78, 5) is 7.01. The van der Waals surface area contributed by atoms with Crippen molar-refractivity contribution in [2.75, 3.05) is 25.0 Å². The van der Waals surface area contributed by atoms with Gasteiger partial charge in [0.1, 0.15) is 0 Å². The highest BCUT2D eigenvalue weighted by atomic mass is 35.5. The summed E-state index contributed by atoms with van der Waals surface area (Å²) in [6, 6.07) is 18.9. The van der Waals surface area contributed by atoms with Crippen LogP contribution in [-0.4, -0.2) is 47.0 Å². The van der Waals surface area contributed by atoms with Crippen molar-refractivity contribution in [2.24, 2.45) is 5.92 Å². The van der Waals surface area contributed by atoms with Crippen LogP contribution in [0.25, 0.3) is 11.1 Å². The van der Waals surface area contributed by atoms with E-state index in [0.29, 0.717) is 34.1 Å².